The number of hydrogen-bond acceptors (Lipinski definition) is 5. The monoisotopic (exact) mass is 390 g/mol. The largest absolute Gasteiger partial charge is 0.497 e. The Morgan fingerprint density at radius 1 is 1.26 bits per heavy atom. The minimum Gasteiger partial charge on any atom is -0.497 e. The predicted molar refractivity (Wildman–Crippen MR) is 107 cm³/mol. The average molecular weight is 391 g/mol. The Hall–Kier alpha value is -2.61. The van der Waals surface area contributed by atoms with Crippen LogP contribution < -0.4 is 15.4 Å². The van der Waals surface area contributed by atoms with Crippen molar-refractivity contribution < 1.29 is 14.3 Å². The first-order valence-electron chi connectivity index (χ1n) is 8.88. The molecule has 27 heavy (non-hydrogen) atoms. The van der Waals surface area contributed by atoms with Crippen LogP contribution in [0.4, 0.5) is 10.5 Å². The Kier molecular flexibility index (Phi) is 7.60. The number of carbonyl (C=O) groups excluding carboxylic acids is 2. The Balaban J connectivity index is 2.03. The van der Waals surface area contributed by atoms with Gasteiger partial charge in [-0.05, 0) is 44.5 Å². The number of methoxy groups -OCH3 is 1. The number of anilines is 1. The number of nitrogens with zero attached hydrogens (tertiary/aromatic N) is 2. The third-order valence-corrected chi connectivity index (χ3v) is 4.68. The van der Waals surface area contributed by atoms with Gasteiger partial charge in [-0.15, -0.1) is 11.3 Å². The number of thiazole rings is 1. The van der Waals surface area contributed by atoms with Gasteiger partial charge in [-0.25, -0.2) is 9.78 Å². The van der Waals surface area contributed by atoms with Crippen molar-refractivity contribution in [3.63, 3.8) is 0 Å². The van der Waals surface area contributed by atoms with E-state index in [4.69, 9.17) is 4.74 Å². The van der Waals surface area contributed by atoms with Gasteiger partial charge >= 0.3 is 6.03 Å². The van der Waals surface area contributed by atoms with Gasteiger partial charge in [0.15, 0.2) is 0 Å². The summed E-state index contributed by atoms with van der Waals surface area (Å²) in [5.41, 5.74) is 1.08. The Morgan fingerprint density at radius 3 is 2.56 bits per heavy atom. The summed E-state index contributed by atoms with van der Waals surface area (Å²) in [5.74, 6) is 0.545. The van der Waals surface area contributed by atoms with Crippen LogP contribution in [0.2, 0.25) is 0 Å². The average Bonchev–Trinajstić information content (AvgIpc) is 3.13. The van der Waals surface area contributed by atoms with Crippen molar-refractivity contribution in [2.75, 3.05) is 19.0 Å². The summed E-state index contributed by atoms with van der Waals surface area (Å²) >= 11 is 1.38. The minimum atomic E-state index is -0.220. The van der Waals surface area contributed by atoms with Crippen LogP contribution in [0.15, 0.2) is 29.6 Å². The lowest BCUT2D eigenvalue weighted by atomic mass is 10.3. The van der Waals surface area contributed by atoms with Crippen molar-refractivity contribution in [2.24, 2.45) is 0 Å². The van der Waals surface area contributed by atoms with Crippen molar-refractivity contribution in [1.29, 1.82) is 0 Å². The molecule has 2 N–H and O–H groups in total. The third kappa shape index (κ3) is 5.96. The van der Waals surface area contributed by atoms with Crippen molar-refractivity contribution in [2.45, 2.75) is 39.8 Å². The second kappa shape index (κ2) is 9.91. The maximum absolute atomic E-state index is 12.7. The number of aromatic nitrogens is 1. The summed E-state index contributed by atoms with van der Waals surface area (Å²) in [4.78, 5) is 30.7. The van der Waals surface area contributed by atoms with Crippen molar-refractivity contribution in [3.05, 3.63) is 40.3 Å². The summed E-state index contributed by atoms with van der Waals surface area (Å²) in [7, 11) is 1.60. The van der Waals surface area contributed by atoms with E-state index in [2.05, 4.69) is 15.6 Å². The van der Waals surface area contributed by atoms with Crippen LogP contribution in [0.3, 0.4) is 0 Å². The van der Waals surface area contributed by atoms with Gasteiger partial charge in [0.25, 0.3) is 5.91 Å². The van der Waals surface area contributed by atoms with Gasteiger partial charge in [-0.1, -0.05) is 6.92 Å². The number of carbonyl (C=O) groups is 2. The fourth-order valence-electron chi connectivity index (χ4n) is 2.32. The maximum Gasteiger partial charge on any atom is 0.322 e. The van der Waals surface area contributed by atoms with Gasteiger partial charge < -0.3 is 20.3 Å². The molecule has 7 nitrogen and oxygen atoms in total. The zero-order valence-electron chi connectivity index (χ0n) is 16.1. The van der Waals surface area contributed by atoms with E-state index in [0.717, 1.165) is 17.2 Å². The molecule has 8 heteroatoms. The summed E-state index contributed by atoms with van der Waals surface area (Å²) in [6.07, 6.45) is 0.870. The van der Waals surface area contributed by atoms with Gasteiger partial charge in [0.05, 0.1) is 13.7 Å². The minimum absolute atomic E-state index is 0.0236. The summed E-state index contributed by atoms with van der Waals surface area (Å²) in [6, 6.07) is 6.91. The van der Waals surface area contributed by atoms with Crippen LogP contribution in [0, 0.1) is 0 Å². The van der Waals surface area contributed by atoms with Crippen LogP contribution in [-0.2, 0) is 6.54 Å². The molecular weight excluding hydrogens is 364 g/mol. The maximum atomic E-state index is 12.7. The van der Waals surface area contributed by atoms with Crippen LogP contribution >= 0.6 is 11.3 Å². The molecule has 0 saturated carbocycles. The molecule has 3 amide bonds. The molecule has 0 radical (unpaired) electrons. The molecule has 2 aromatic rings. The number of urea groups is 1. The molecule has 0 spiro atoms. The zero-order chi connectivity index (χ0) is 19.8. The first-order chi connectivity index (χ1) is 12.9. The Labute approximate surface area is 163 Å². The normalized spacial score (nSPS) is 10.6. The Bertz CT molecular complexity index is 759. The molecule has 1 aromatic heterocycles. The fourth-order valence-corrected chi connectivity index (χ4v) is 3.09. The molecule has 1 heterocycles. The first kappa shape index (κ1) is 20.7. The lowest BCUT2D eigenvalue weighted by Crippen LogP contribution is -2.39. The lowest BCUT2D eigenvalue weighted by molar-refractivity contribution is 0.0949. The topological polar surface area (TPSA) is 83.6 Å². The fraction of sp³-hybridized carbons (Fsp3) is 0.421. The highest BCUT2D eigenvalue weighted by Crippen LogP contribution is 2.18. The van der Waals surface area contributed by atoms with E-state index in [1.165, 1.54) is 11.3 Å². The molecule has 2 rings (SSSR count). The quantitative estimate of drug-likeness (QED) is 0.719. The van der Waals surface area contributed by atoms with Crippen LogP contribution in [-0.4, -0.2) is 41.5 Å². The number of benzene rings is 1. The molecule has 0 unspecified atom stereocenters. The van der Waals surface area contributed by atoms with E-state index in [0.29, 0.717) is 24.5 Å². The number of hydrogen-bond donors (Lipinski definition) is 2. The van der Waals surface area contributed by atoms with Gasteiger partial charge in [-0.2, -0.15) is 0 Å². The number of ether oxygens (including phenoxy) is 1. The standard InChI is InChI=1S/C19H26N4O3S/c1-5-10-20-18(24)16-12-27-17(22-16)11-23(13(2)3)19(25)21-14-6-8-15(26-4)9-7-14/h6-9,12-13H,5,10-11H2,1-4H3,(H,20,24)(H,21,25). The molecule has 0 bridgehead atoms. The van der Waals surface area contributed by atoms with E-state index >= 15 is 0 Å². The molecular formula is C19H26N4O3S. The number of amides is 3. The van der Waals surface area contributed by atoms with Crippen molar-refractivity contribution >= 4 is 29.0 Å². The van der Waals surface area contributed by atoms with E-state index in [1.54, 1.807) is 41.7 Å². The van der Waals surface area contributed by atoms with Gasteiger partial charge in [-0.3, -0.25) is 4.79 Å². The van der Waals surface area contributed by atoms with Gasteiger partial charge in [0, 0.05) is 23.7 Å². The Morgan fingerprint density at radius 2 is 1.96 bits per heavy atom. The summed E-state index contributed by atoms with van der Waals surface area (Å²) in [5, 5.41) is 8.13. The van der Waals surface area contributed by atoms with Crippen LogP contribution in [0.25, 0.3) is 0 Å². The third-order valence-electron chi connectivity index (χ3n) is 3.85. The predicted octanol–water partition coefficient (Wildman–Crippen LogP) is 3.73. The van der Waals surface area contributed by atoms with E-state index in [1.807, 2.05) is 20.8 Å². The molecule has 0 saturated heterocycles. The number of rotatable bonds is 8. The SMILES string of the molecule is CCCNC(=O)c1csc(CN(C(=O)Nc2ccc(OC)cc2)C(C)C)n1. The summed E-state index contributed by atoms with van der Waals surface area (Å²) in [6.45, 7) is 6.83. The van der Waals surface area contributed by atoms with E-state index in [9.17, 15) is 9.59 Å². The highest BCUT2D eigenvalue weighted by molar-refractivity contribution is 7.09. The molecule has 0 aliphatic rings. The van der Waals surface area contributed by atoms with Gasteiger partial charge in [0.1, 0.15) is 16.5 Å². The molecule has 1 aromatic carbocycles. The van der Waals surface area contributed by atoms with E-state index in [-0.39, 0.29) is 18.0 Å². The second-order valence-electron chi connectivity index (χ2n) is 6.26. The van der Waals surface area contributed by atoms with Crippen molar-refractivity contribution in [1.82, 2.24) is 15.2 Å². The molecule has 0 fully saturated rings. The molecule has 146 valence electrons. The van der Waals surface area contributed by atoms with E-state index < -0.39 is 0 Å². The van der Waals surface area contributed by atoms with Crippen molar-refractivity contribution in [3.8, 4) is 5.75 Å². The smallest absolute Gasteiger partial charge is 0.322 e. The molecule has 0 aliphatic carbocycles. The highest BCUT2D eigenvalue weighted by Gasteiger charge is 2.20. The zero-order valence-corrected chi connectivity index (χ0v) is 16.9. The van der Waals surface area contributed by atoms with Gasteiger partial charge in [0.2, 0.25) is 0 Å². The number of nitrogens with one attached hydrogen (secondary N) is 2. The molecule has 0 atom stereocenters. The first-order valence-corrected chi connectivity index (χ1v) is 9.76. The van der Waals surface area contributed by atoms with Crippen LogP contribution in [0.5, 0.6) is 5.75 Å². The van der Waals surface area contributed by atoms with Crippen LogP contribution in [0.1, 0.15) is 42.7 Å². The lowest BCUT2D eigenvalue weighted by Gasteiger charge is -2.26. The second-order valence-corrected chi connectivity index (χ2v) is 7.21. The molecule has 0 aliphatic heterocycles. The summed E-state index contributed by atoms with van der Waals surface area (Å²) < 4.78 is 5.12. The highest BCUT2D eigenvalue weighted by atomic mass is 32.1.